The molecule has 0 bridgehead atoms. The Kier molecular flexibility index (Phi) is 3.13. The highest BCUT2D eigenvalue weighted by molar-refractivity contribution is 5.75. The predicted molar refractivity (Wildman–Crippen MR) is 56.5 cm³/mol. The number of hydrogen-bond donors (Lipinski definition) is 0. The van der Waals surface area contributed by atoms with E-state index in [-0.39, 0.29) is 5.56 Å². The second kappa shape index (κ2) is 4.35. The molecule has 0 aromatic heterocycles. The van der Waals surface area contributed by atoms with Crippen LogP contribution in [-0.2, 0) is 0 Å². The van der Waals surface area contributed by atoms with E-state index < -0.39 is 31.8 Å². The van der Waals surface area contributed by atoms with Crippen molar-refractivity contribution in [1.29, 1.82) is 0 Å². The lowest BCUT2D eigenvalue weighted by atomic mass is 10.1. The van der Waals surface area contributed by atoms with Crippen LogP contribution in [0, 0.1) is 30.3 Å². The first-order chi connectivity index (χ1) is 7.90. The maximum absolute atomic E-state index is 10.7. The molecule has 0 saturated heterocycles. The molecule has 0 aliphatic carbocycles. The van der Waals surface area contributed by atoms with Crippen LogP contribution in [0.15, 0.2) is 18.7 Å². The highest BCUT2D eigenvalue weighted by Gasteiger charge is 2.37. The van der Waals surface area contributed by atoms with Gasteiger partial charge in [-0.15, -0.1) is 0 Å². The molecule has 9 heteroatoms. The van der Waals surface area contributed by atoms with Gasteiger partial charge in [-0.3, -0.25) is 30.3 Å². The van der Waals surface area contributed by atoms with Gasteiger partial charge in [0.05, 0.1) is 20.3 Å². The Morgan fingerprint density at radius 2 is 1.47 bits per heavy atom. The van der Waals surface area contributed by atoms with Gasteiger partial charge in [0, 0.05) is 6.07 Å². The van der Waals surface area contributed by atoms with Crippen molar-refractivity contribution in [3.05, 3.63) is 54.6 Å². The van der Waals surface area contributed by atoms with Crippen molar-refractivity contribution in [2.75, 3.05) is 0 Å². The second-order valence-corrected chi connectivity index (χ2v) is 2.85. The molecule has 1 aromatic carbocycles. The van der Waals surface area contributed by atoms with Gasteiger partial charge in [-0.1, -0.05) is 12.7 Å². The van der Waals surface area contributed by atoms with Crippen LogP contribution in [0.2, 0.25) is 0 Å². The van der Waals surface area contributed by atoms with Crippen molar-refractivity contribution in [2.24, 2.45) is 0 Å². The van der Waals surface area contributed by atoms with Crippen LogP contribution in [0.5, 0.6) is 0 Å². The summed E-state index contributed by atoms with van der Waals surface area (Å²) in [6, 6.07) is 1.87. The summed E-state index contributed by atoms with van der Waals surface area (Å²) in [5.41, 5.74) is -3.14. The molecule has 0 fully saturated rings. The first kappa shape index (κ1) is 12.2. The van der Waals surface area contributed by atoms with E-state index in [1.807, 2.05) is 0 Å². The molecule has 1 rings (SSSR count). The van der Waals surface area contributed by atoms with Crippen LogP contribution in [-0.4, -0.2) is 14.8 Å². The molecular weight excluding hydrogens is 234 g/mol. The molecule has 0 heterocycles. The van der Waals surface area contributed by atoms with E-state index in [2.05, 4.69) is 6.58 Å². The molecule has 17 heavy (non-hydrogen) atoms. The molecule has 0 atom stereocenters. The molecule has 0 aliphatic rings. The van der Waals surface area contributed by atoms with Crippen molar-refractivity contribution >= 4 is 23.1 Å². The Morgan fingerprint density at radius 1 is 0.941 bits per heavy atom. The third-order valence-corrected chi connectivity index (χ3v) is 1.94. The normalized spacial score (nSPS) is 9.65. The van der Waals surface area contributed by atoms with Crippen LogP contribution in [0.3, 0.4) is 0 Å². The van der Waals surface area contributed by atoms with E-state index in [9.17, 15) is 30.3 Å². The maximum Gasteiger partial charge on any atom is 0.422 e. The lowest BCUT2D eigenvalue weighted by Gasteiger charge is -1.99. The van der Waals surface area contributed by atoms with Gasteiger partial charge in [-0.25, -0.2) is 0 Å². The molecule has 9 nitrogen and oxygen atoms in total. The zero-order valence-corrected chi connectivity index (χ0v) is 8.23. The van der Waals surface area contributed by atoms with Crippen LogP contribution in [0.4, 0.5) is 17.1 Å². The van der Waals surface area contributed by atoms with E-state index in [0.29, 0.717) is 0 Å². The van der Waals surface area contributed by atoms with Crippen molar-refractivity contribution in [1.82, 2.24) is 0 Å². The second-order valence-electron chi connectivity index (χ2n) is 2.85. The lowest BCUT2D eigenvalue weighted by Crippen LogP contribution is -2.03. The molecule has 0 amide bonds. The monoisotopic (exact) mass is 239 g/mol. The van der Waals surface area contributed by atoms with Crippen molar-refractivity contribution < 1.29 is 14.8 Å². The topological polar surface area (TPSA) is 129 Å². The van der Waals surface area contributed by atoms with Gasteiger partial charge in [0.1, 0.15) is 0 Å². The van der Waals surface area contributed by atoms with Gasteiger partial charge < -0.3 is 0 Å². The van der Waals surface area contributed by atoms with Crippen LogP contribution in [0.25, 0.3) is 6.08 Å². The summed E-state index contributed by atoms with van der Waals surface area (Å²) in [4.78, 5) is 28.7. The summed E-state index contributed by atoms with van der Waals surface area (Å²) in [6.45, 7) is 3.25. The van der Waals surface area contributed by atoms with E-state index in [0.717, 1.165) is 18.2 Å². The minimum absolute atomic E-state index is 0.146. The average molecular weight is 239 g/mol. The van der Waals surface area contributed by atoms with Gasteiger partial charge in [-0.2, -0.15) is 0 Å². The zero-order valence-electron chi connectivity index (χ0n) is 8.23. The Hall–Kier alpha value is -2.84. The zero-order chi connectivity index (χ0) is 13.2. The predicted octanol–water partition coefficient (Wildman–Crippen LogP) is 2.05. The molecule has 0 N–H and O–H groups in total. The van der Waals surface area contributed by atoms with Crippen molar-refractivity contribution in [3.8, 4) is 0 Å². The highest BCUT2D eigenvalue weighted by atomic mass is 16.6. The summed E-state index contributed by atoms with van der Waals surface area (Å²) in [5.74, 6) is 0. The fraction of sp³-hybridized carbons (Fsp3) is 0. The highest BCUT2D eigenvalue weighted by Crippen LogP contribution is 2.39. The van der Waals surface area contributed by atoms with Gasteiger partial charge in [0.2, 0.25) is 0 Å². The number of rotatable bonds is 4. The van der Waals surface area contributed by atoms with E-state index >= 15 is 0 Å². The Morgan fingerprint density at radius 3 is 1.82 bits per heavy atom. The van der Waals surface area contributed by atoms with Gasteiger partial charge in [0.15, 0.2) is 0 Å². The Balaban J connectivity index is 3.77. The smallest absolute Gasteiger partial charge is 0.258 e. The van der Waals surface area contributed by atoms with Crippen molar-refractivity contribution in [2.45, 2.75) is 0 Å². The number of hydrogen-bond acceptors (Lipinski definition) is 6. The summed E-state index contributed by atoms with van der Waals surface area (Å²) in [5, 5.41) is 31.9. The van der Waals surface area contributed by atoms with Crippen LogP contribution >= 0.6 is 0 Å². The molecule has 0 aliphatic heterocycles. The van der Waals surface area contributed by atoms with Crippen molar-refractivity contribution in [3.63, 3.8) is 0 Å². The first-order valence-electron chi connectivity index (χ1n) is 4.12. The number of nitrogens with zero attached hydrogens (tertiary/aromatic N) is 3. The van der Waals surface area contributed by atoms with Gasteiger partial charge in [-0.05, 0) is 6.07 Å². The molecule has 0 radical (unpaired) electrons. The minimum atomic E-state index is -1.15. The molecule has 0 saturated carbocycles. The van der Waals surface area contributed by atoms with E-state index in [1.54, 1.807) is 0 Å². The molecule has 88 valence electrons. The summed E-state index contributed by atoms with van der Waals surface area (Å²) >= 11 is 0. The van der Waals surface area contributed by atoms with E-state index in [1.165, 1.54) is 0 Å². The SMILES string of the molecule is C=Cc1ccc([N+](=O)[O-])c([N+](=O)[O-])c1[N+](=O)[O-]. The van der Waals surface area contributed by atoms with Crippen LogP contribution < -0.4 is 0 Å². The summed E-state index contributed by atoms with van der Waals surface area (Å²) in [6.07, 6.45) is 1.02. The van der Waals surface area contributed by atoms with Crippen LogP contribution in [0.1, 0.15) is 5.56 Å². The van der Waals surface area contributed by atoms with Gasteiger partial charge >= 0.3 is 17.1 Å². The molecule has 1 aromatic rings. The largest absolute Gasteiger partial charge is 0.422 e. The fourth-order valence-corrected chi connectivity index (χ4v) is 1.27. The number of nitro groups is 3. The summed E-state index contributed by atoms with van der Waals surface area (Å²) < 4.78 is 0. The third kappa shape index (κ3) is 2.07. The van der Waals surface area contributed by atoms with Gasteiger partial charge in [0.25, 0.3) is 0 Å². The quantitative estimate of drug-likeness (QED) is 0.583. The molecule has 0 unspecified atom stereocenters. The summed E-state index contributed by atoms with van der Waals surface area (Å²) in [7, 11) is 0. The number of benzene rings is 1. The van der Waals surface area contributed by atoms with E-state index in [4.69, 9.17) is 0 Å². The molecular formula is C8H5N3O6. The Labute approximate surface area is 93.4 Å². The fourth-order valence-electron chi connectivity index (χ4n) is 1.27. The standard InChI is InChI=1S/C8H5N3O6/c1-2-5-3-4-6(9(12)13)8(11(16)17)7(5)10(14)15/h2-4H,1H2. The molecule has 0 spiro atoms. The maximum atomic E-state index is 10.7. The number of nitro benzene ring substituents is 3. The minimum Gasteiger partial charge on any atom is -0.258 e. The first-order valence-corrected chi connectivity index (χ1v) is 4.12. The average Bonchev–Trinajstić information content (AvgIpc) is 2.26. The third-order valence-electron chi connectivity index (χ3n) is 1.94. The Bertz CT molecular complexity index is 538. The lowest BCUT2D eigenvalue weighted by molar-refractivity contribution is -0.441.